The molecule has 2 saturated carbocycles. The van der Waals surface area contributed by atoms with Gasteiger partial charge in [-0.1, -0.05) is 57.4 Å². The lowest BCUT2D eigenvalue weighted by molar-refractivity contribution is -0.124. The standard InChI is InChI=1S/C22H31N3O/c1-17(2)19-8-6-18(7-9-19)14-25(20-10-11-20)15-21(26)24-22(16-23)12-4-3-5-13-22/h6-9,17,20H,3-5,10-15H2,1-2H3,(H,24,26). The highest BCUT2D eigenvalue weighted by atomic mass is 16.2. The van der Waals surface area contributed by atoms with Crippen LogP contribution in [0.25, 0.3) is 0 Å². The second-order valence-corrected chi connectivity index (χ2v) is 8.34. The first-order valence-electron chi connectivity index (χ1n) is 10.1. The summed E-state index contributed by atoms with van der Waals surface area (Å²) in [6.45, 7) is 5.59. The minimum Gasteiger partial charge on any atom is -0.337 e. The highest BCUT2D eigenvalue weighted by Gasteiger charge is 2.35. The number of rotatable bonds is 7. The number of nitrogens with zero attached hydrogens (tertiary/aromatic N) is 2. The van der Waals surface area contributed by atoms with Crippen LogP contribution in [-0.4, -0.2) is 28.9 Å². The monoisotopic (exact) mass is 353 g/mol. The molecule has 0 aromatic heterocycles. The molecule has 0 unspecified atom stereocenters. The van der Waals surface area contributed by atoms with Gasteiger partial charge in [-0.15, -0.1) is 0 Å². The van der Waals surface area contributed by atoms with E-state index in [0.717, 1.165) is 32.2 Å². The Hall–Kier alpha value is -1.86. The number of benzene rings is 1. The van der Waals surface area contributed by atoms with Crippen molar-refractivity contribution < 1.29 is 4.79 Å². The number of hydrogen-bond acceptors (Lipinski definition) is 3. The van der Waals surface area contributed by atoms with Gasteiger partial charge in [0.05, 0.1) is 12.6 Å². The van der Waals surface area contributed by atoms with Crippen LogP contribution in [-0.2, 0) is 11.3 Å². The van der Waals surface area contributed by atoms with E-state index in [0.29, 0.717) is 18.5 Å². The topological polar surface area (TPSA) is 56.1 Å². The summed E-state index contributed by atoms with van der Waals surface area (Å²) in [5.74, 6) is 0.533. The molecule has 0 heterocycles. The van der Waals surface area contributed by atoms with E-state index in [1.165, 1.54) is 30.4 Å². The average molecular weight is 354 g/mol. The zero-order chi connectivity index (χ0) is 18.6. The minimum atomic E-state index is -0.635. The zero-order valence-electron chi connectivity index (χ0n) is 16.1. The molecule has 26 heavy (non-hydrogen) atoms. The first-order valence-corrected chi connectivity index (χ1v) is 10.1. The molecule has 1 aromatic rings. The van der Waals surface area contributed by atoms with E-state index in [1.54, 1.807) is 0 Å². The largest absolute Gasteiger partial charge is 0.337 e. The van der Waals surface area contributed by atoms with Gasteiger partial charge < -0.3 is 5.32 Å². The van der Waals surface area contributed by atoms with Gasteiger partial charge in [-0.25, -0.2) is 0 Å². The fraction of sp³-hybridized carbons (Fsp3) is 0.636. The van der Waals surface area contributed by atoms with E-state index in [-0.39, 0.29) is 5.91 Å². The summed E-state index contributed by atoms with van der Waals surface area (Å²) in [4.78, 5) is 14.9. The van der Waals surface area contributed by atoms with Gasteiger partial charge >= 0.3 is 0 Å². The summed E-state index contributed by atoms with van der Waals surface area (Å²) in [5, 5.41) is 12.6. The Bertz CT molecular complexity index is 649. The summed E-state index contributed by atoms with van der Waals surface area (Å²) >= 11 is 0. The number of amides is 1. The normalized spacial score (nSPS) is 19.3. The predicted molar refractivity (Wildman–Crippen MR) is 104 cm³/mol. The van der Waals surface area contributed by atoms with Crippen molar-refractivity contribution in [3.05, 3.63) is 35.4 Å². The molecule has 2 aliphatic carbocycles. The van der Waals surface area contributed by atoms with Gasteiger partial charge in [0.25, 0.3) is 0 Å². The third-order valence-electron chi connectivity index (χ3n) is 5.74. The third kappa shape index (κ3) is 4.86. The van der Waals surface area contributed by atoms with Crippen LogP contribution in [0.4, 0.5) is 0 Å². The lowest BCUT2D eigenvalue weighted by Crippen LogP contribution is -2.51. The van der Waals surface area contributed by atoms with Crippen molar-refractivity contribution in [1.82, 2.24) is 10.2 Å². The molecule has 4 heteroatoms. The lowest BCUT2D eigenvalue weighted by atomic mass is 9.83. The van der Waals surface area contributed by atoms with Gasteiger partial charge in [-0.3, -0.25) is 9.69 Å². The smallest absolute Gasteiger partial charge is 0.235 e. The molecule has 2 fully saturated rings. The Morgan fingerprint density at radius 1 is 1.23 bits per heavy atom. The van der Waals surface area contributed by atoms with E-state index >= 15 is 0 Å². The number of nitrogens with one attached hydrogen (secondary N) is 1. The highest BCUT2D eigenvalue weighted by molar-refractivity contribution is 5.79. The van der Waals surface area contributed by atoms with Crippen molar-refractivity contribution in [3.63, 3.8) is 0 Å². The summed E-state index contributed by atoms with van der Waals surface area (Å²) < 4.78 is 0. The van der Waals surface area contributed by atoms with E-state index < -0.39 is 5.54 Å². The highest BCUT2D eigenvalue weighted by Crippen LogP contribution is 2.30. The number of nitriles is 1. The zero-order valence-corrected chi connectivity index (χ0v) is 16.1. The molecule has 0 bridgehead atoms. The third-order valence-corrected chi connectivity index (χ3v) is 5.74. The first-order chi connectivity index (χ1) is 12.5. The van der Waals surface area contributed by atoms with Crippen molar-refractivity contribution in [3.8, 4) is 6.07 Å². The molecule has 1 aromatic carbocycles. The fourth-order valence-electron chi connectivity index (χ4n) is 3.91. The maximum absolute atomic E-state index is 12.6. The average Bonchev–Trinajstić information content (AvgIpc) is 3.47. The molecule has 3 rings (SSSR count). The van der Waals surface area contributed by atoms with Crippen molar-refractivity contribution in [2.45, 2.75) is 82.8 Å². The first kappa shape index (κ1) is 18.9. The number of carbonyl (C=O) groups is 1. The summed E-state index contributed by atoms with van der Waals surface area (Å²) in [7, 11) is 0. The van der Waals surface area contributed by atoms with Crippen molar-refractivity contribution in [2.75, 3.05) is 6.54 Å². The van der Waals surface area contributed by atoms with Crippen LogP contribution >= 0.6 is 0 Å². The van der Waals surface area contributed by atoms with E-state index in [1.807, 2.05) is 0 Å². The molecule has 0 saturated heterocycles. The maximum atomic E-state index is 12.6. The van der Waals surface area contributed by atoms with Crippen molar-refractivity contribution in [2.24, 2.45) is 0 Å². The van der Waals surface area contributed by atoms with E-state index in [4.69, 9.17) is 0 Å². The second kappa shape index (κ2) is 8.22. The van der Waals surface area contributed by atoms with Gasteiger partial charge in [0, 0.05) is 12.6 Å². The van der Waals surface area contributed by atoms with Gasteiger partial charge in [0.1, 0.15) is 5.54 Å². The van der Waals surface area contributed by atoms with Crippen LogP contribution in [0.1, 0.15) is 75.8 Å². The van der Waals surface area contributed by atoms with Crippen LogP contribution in [0.15, 0.2) is 24.3 Å². The molecule has 140 valence electrons. The minimum absolute atomic E-state index is 0.000787. The number of carbonyl (C=O) groups excluding carboxylic acids is 1. The molecule has 1 amide bonds. The Morgan fingerprint density at radius 2 is 1.88 bits per heavy atom. The lowest BCUT2D eigenvalue weighted by Gasteiger charge is -2.32. The second-order valence-electron chi connectivity index (χ2n) is 8.34. The molecular formula is C22H31N3O. The summed E-state index contributed by atoms with van der Waals surface area (Å²) in [6, 6.07) is 11.6. The van der Waals surface area contributed by atoms with Crippen LogP contribution in [0.2, 0.25) is 0 Å². The van der Waals surface area contributed by atoms with Crippen molar-refractivity contribution >= 4 is 5.91 Å². The van der Waals surface area contributed by atoms with Crippen LogP contribution in [0.3, 0.4) is 0 Å². The predicted octanol–water partition coefficient (Wildman–Crippen LogP) is 4.12. The van der Waals surface area contributed by atoms with E-state index in [2.05, 4.69) is 54.4 Å². The Balaban J connectivity index is 1.59. The van der Waals surface area contributed by atoms with Crippen molar-refractivity contribution in [1.29, 1.82) is 5.26 Å². The van der Waals surface area contributed by atoms with Gasteiger partial charge in [-0.2, -0.15) is 5.26 Å². The van der Waals surface area contributed by atoms with E-state index in [9.17, 15) is 10.1 Å². The van der Waals surface area contributed by atoms with Crippen LogP contribution in [0, 0.1) is 11.3 Å². The summed E-state index contributed by atoms with van der Waals surface area (Å²) in [5.41, 5.74) is 1.96. The van der Waals surface area contributed by atoms with Gasteiger partial charge in [0.2, 0.25) is 5.91 Å². The Kier molecular flexibility index (Phi) is 5.98. The Labute approximate surface area is 157 Å². The van der Waals surface area contributed by atoms with Gasteiger partial charge in [0.15, 0.2) is 0 Å². The molecule has 1 N–H and O–H groups in total. The maximum Gasteiger partial charge on any atom is 0.235 e. The summed E-state index contributed by atoms with van der Waals surface area (Å²) in [6.07, 6.45) is 7.14. The molecule has 0 atom stereocenters. The molecule has 4 nitrogen and oxygen atoms in total. The molecule has 2 aliphatic rings. The molecular weight excluding hydrogens is 322 g/mol. The molecule has 0 radical (unpaired) electrons. The Morgan fingerprint density at radius 3 is 2.42 bits per heavy atom. The number of hydrogen-bond donors (Lipinski definition) is 1. The van der Waals surface area contributed by atoms with Crippen LogP contribution < -0.4 is 5.32 Å². The fourth-order valence-corrected chi connectivity index (χ4v) is 3.91. The SMILES string of the molecule is CC(C)c1ccc(CN(CC(=O)NC2(C#N)CCCCC2)C2CC2)cc1. The van der Waals surface area contributed by atoms with Gasteiger partial charge in [-0.05, 0) is 42.7 Å². The molecule has 0 aliphatic heterocycles. The molecule has 0 spiro atoms. The quantitative estimate of drug-likeness (QED) is 0.802. The van der Waals surface area contributed by atoms with Crippen LogP contribution in [0.5, 0.6) is 0 Å².